The topological polar surface area (TPSA) is 56.1 Å². The number of para-hydroxylation sites is 2. The Morgan fingerprint density at radius 2 is 1.97 bits per heavy atom. The van der Waals surface area contributed by atoms with E-state index in [1.807, 2.05) is 44.2 Å². The van der Waals surface area contributed by atoms with Crippen molar-refractivity contribution >= 4 is 28.5 Å². The zero-order chi connectivity index (χ0) is 20.4. The largest absolute Gasteiger partial charge is 0.494 e. The molecule has 1 saturated carbocycles. The van der Waals surface area contributed by atoms with E-state index in [0.717, 1.165) is 64.6 Å². The Bertz CT molecular complexity index is 1020. The van der Waals surface area contributed by atoms with Crippen LogP contribution in [-0.2, 0) is 17.9 Å². The fourth-order valence-corrected chi connectivity index (χ4v) is 3.68. The first kappa shape index (κ1) is 19.8. The van der Waals surface area contributed by atoms with Crippen molar-refractivity contribution in [2.75, 3.05) is 6.61 Å². The molecule has 0 bridgehead atoms. The first-order valence-electron chi connectivity index (χ1n) is 10.1. The maximum Gasteiger partial charge on any atom is 0.223 e. The average Bonchev–Trinajstić information content (AvgIpc) is 3.50. The van der Waals surface area contributed by atoms with E-state index in [1.165, 1.54) is 0 Å². The van der Waals surface area contributed by atoms with E-state index in [1.54, 1.807) is 0 Å². The molecule has 4 rings (SSSR count). The van der Waals surface area contributed by atoms with Crippen molar-refractivity contribution in [1.29, 1.82) is 0 Å². The van der Waals surface area contributed by atoms with E-state index in [2.05, 4.69) is 16.0 Å². The van der Waals surface area contributed by atoms with Crippen molar-refractivity contribution in [1.82, 2.24) is 14.9 Å². The third-order valence-electron chi connectivity index (χ3n) is 5.31. The molecule has 1 amide bonds. The molecular formula is C23H26ClN3O2. The van der Waals surface area contributed by atoms with Gasteiger partial charge in [-0.1, -0.05) is 23.7 Å². The van der Waals surface area contributed by atoms with Crippen LogP contribution in [0.3, 0.4) is 0 Å². The summed E-state index contributed by atoms with van der Waals surface area (Å²) >= 11 is 6.23. The summed E-state index contributed by atoms with van der Waals surface area (Å²) in [5, 5.41) is 3.82. The van der Waals surface area contributed by atoms with Crippen LogP contribution in [0.1, 0.15) is 36.2 Å². The molecule has 0 saturated heterocycles. The van der Waals surface area contributed by atoms with Crippen LogP contribution in [-0.4, -0.2) is 22.1 Å². The monoisotopic (exact) mass is 411 g/mol. The molecule has 152 valence electrons. The van der Waals surface area contributed by atoms with Crippen LogP contribution in [0.4, 0.5) is 0 Å². The molecule has 5 nitrogen and oxygen atoms in total. The van der Waals surface area contributed by atoms with Gasteiger partial charge in [-0.25, -0.2) is 4.98 Å². The van der Waals surface area contributed by atoms with Crippen LogP contribution in [0.2, 0.25) is 5.02 Å². The molecule has 1 heterocycles. The van der Waals surface area contributed by atoms with E-state index in [9.17, 15) is 4.79 Å². The summed E-state index contributed by atoms with van der Waals surface area (Å²) in [6.45, 7) is 5.81. The fourth-order valence-electron chi connectivity index (χ4n) is 3.57. The standard InChI is InChI=1S/C23H26ClN3O2/c1-15-12-18(13-16(2)22(15)24)29-11-5-10-27-20-7-4-3-6-19(20)26-21(27)14-25-23(28)17-8-9-17/h3-4,6-7,12-13,17H,5,8-11,14H2,1-2H3,(H,25,28). The molecule has 1 fully saturated rings. The van der Waals surface area contributed by atoms with Gasteiger partial charge in [0.2, 0.25) is 5.91 Å². The molecule has 3 aromatic rings. The Balaban J connectivity index is 1.41. The number of ether oxygens (including phenoxy) is 1. The second kappa shape index (κ2) is 8.46. The molecule has 1 aromatic heterocycles. The number of benzene rings is 2. The minimum Gasteiger partial charge on any atom is -0.494 e. The maximum atomic E-state index is 12.0. The highest BCUT2D eigenvalue weighted by Crippen LogP contribution is 2.29. The van der Waals surface area contributed by atoms with Gasteiger partial charge in [0.05, 0.1) is 24.2 Å². The van der Waals surface area contributed by atoms with Gasteiger partial charge in [0.15, 0.2) is 0 Å². The summed E-state index contributed by atoms with van der Waals surface area (Å²) < 4.78 is 8.13. The minimum atomic E-state index is 0.139. The Morgan fingerprint density at radius 3 is 2.69 bits per heavy atom. The quantitative estimate of drug-likeness (QED) is 0.541. The lowest BCUT2D eigenvalue weighted by Crippen LogP contribution is -2.26. The number of nitrogens with zero attached hydrogens (tertiary/aromatic N) is 2. The Hall–Kier alpha value is -2.53. The number of nitrogens with one attached hydrogen (secondary N) is 1. The minimum absolute atomic E-state index is 0.139. The van der Waals surface area contributed by atoms with Crippen molar-refractivity contribution in [3.63, 3.8) is 0 Å². The number of aromatic nitrogens is 2. The first-order valence-corrected chi connectivity index (χ1v) is 10.5. The number of rotatable bonds is 8. The number of imidazole rings is 1. The molecule has 1 N–H and O–H groups in total. The van der Waals surface area contributed by atoms with Crippen molar-refractivity contribution in [2.24, 2.45) is 5.92 Å². The van der Waals surface area contributed by atoms with Gasteiger partial charge in [-0.15, -0.1) is 0 Å². The maximum absolute atomic E-state index is 12.0. The SMILES string of the molecule is Cc1cc(OCCCn2c(CNC(=O)C3CC3)nc3ccccc32)cc(C)c1Cl. The summed E-state index contributed by atoms with van der Waals surface area (Å²) in [7, 11) is 0. The average molecular weight is 412 g/mol. The van der Waals surface area contributed by atoms with Gasteiger partial charge in [0, 0.05) is 17.5 Å². The van der Waals surface area contributed by atoms with Gasteiger partial charge in [-0.3, -0.25) is 4.79 Å². The van der Waals surface area contributed by atoms with Gasteiger partial charge < -0.3 is 14.6 Å². The highest BCUT2D eigenvalue weighted by atomic mass is 35.5. The van der Waals surface area contributed by atoms with Crippen LogP contribution in [0.25, 0.3) is 11.0 Å². The van der Waals surface area contributed by atoms with E-state index in [0.29, 0.717) is 13.2 Å². The number of hydrogen-bond donors (Lipinski definition) is 1. The van der Waals surface area contributed by atoms with Gasteiger partial charge >= 0.3 is 0 Å². The van der Waals surface area contributed by atoms with E-state index in [4.69, 9.17) is 21.3 Å². The van der Waals surface area contributed by atoms with Crippen LogP contribution in [0.5, 0.6) is 5.75 Å². The molecule has 0 aliphatic heterocycles. The molecule has 1 aliphatic rings. The molecule has 0 radical (unpaired) electrons. The Kier molecular flexibility index (Phi) is 5.76. The van der Waals surface area contributed by atoms with Crippen molar-refractivity contribution in [3.05, 3.63) is 58.4 Å². The number of halogens is 1. The molecule has 0 atom stereocenters. The normalized spacial score (nSPS) is 13.6. The smallest absolute Gasteiger partial charge is 0.223 e. The highest BCUT2D eigenvalue weighted by Gasteiger charge is 2.29. The van der Waals surface area contributed by atoms with Crippen LogP contribution in [0.15, 0.2) is 36.4 Å². The highest BCUT2D eigenvalue weighted by molar-refractivity contribution is 6.32. The predicted octanol–water partition coefficient (Wildman–Crippen LogP) is 4.80. The zero-order valence-corrected chi connectivity index (χ0v) is 17.6. The van der Waals surface area contributed by atoms with Crippen LogP contribution < -0.4 is 10.1 Å². The van der Waals surface area contributed by atoms with Crippen LogP contribution >= 0.6 is 11.6 Å². The molecule has 2 aromatic carbocycles. The number of aryl methyl sites for hydroxylation is 3. The Morgan fingerprint density at radius 1 is 1.24 bits per heavy atom. The van der Waals surface area contributed by atoms with Crippen molar-refractivity contribution in [2.45, 2.75) is 46.2 Å². The summed E-state index contributed by atoms with van der Waals surface area (Å²) in [6, 6.07) is 12.0. The van der Waals surface area contributed by atoms with Crippen molar-refractivity contribution in [3.8, 4) is 5.75 Å². The third-order valence-corrected chi connectivity index (χ3v) is 5.90. The second-order valence-corrected chi connectivity index (χ2v) is 8.11. The van der Waals surface area contributed by atoms with Crippen LogP contribution in [0, 0.1) is 19.8 Å². The summed E-state index contributed by atoms with van der Waals surface area (Å²) in [5.74, 6) is 2.07. The van der Waals surface area contributed by atoms with Gasteiger partial charge in [0.1, 0.15) is 11.6 Å². The van der Waals surface area contributed by atoms with Gasteiger partial charge in [-0.05, 0) is 68.5 Å². The molecular weight excluding hydrogens is 386 g/mol. The summed E-state index contributed by atoms with van der Waals surface area (Å²) in [6.07, 6.45) is 2.84. The molecule has 29 heavy (non-hydrogen) atoms. The summed E-state index contributed by atoms with van der Waals surface area (Å²) in [5.41, 5.74) is 4.08. The second-order valence-electron chi connectivity index (χ2n) is 7.73. The number of amides is 1. The molecule has 0 spiro atoms. The fraction of sp³-hybridized carbons (Fsp3) is 0.391. The van der Waals surface area contributed by atoms with E-state index < -0.39 is 0 Å². The summed E-state index contributed by atoms with van der Waals surface area (Å²) in [4.78, 5) is 16.8. The number of carbonyl (C=O) groups is 1. The Labute approximate surface area is 176 Å². The lowest BCUT2D eigenvalue weighted by atomic mass is 10.1. The lowest BCUT2D eigenvalue weighted by molar-refractivity contribution is -0.122. The number of carbonyl (C=O) groups excluding carboxylic acids is 1. The number of fused-ring (bicyclic) bond motifs is 1. The van der Waals surface area contributed by atoms with Gasteiger partial charge in [0.25, 0.3) is 0 Å². The molecule has 6 heteroatoms. The lowest BCUT2D eigenvalue weighted by Gasteiger charge is -2.12. The van der Waals surface area contributed by atoms with E-state index in [-0.39, 0.29) is 11.8 Å². The third kappa shape index (κ3) is 4.56. The van der Waals surface area contributed by atoms with Crippen molar-refractivity contribution < 1.29 is 9.53 Å². The molecule has 0 unspecified atom stereocenters. The molecule has 1 aliphatic carbocycles. The predicted molar refractivity (Wildman–Crippen MR) is 115 cm³/mol. The zero-order valence-electron chi connectivity index (χ0n) is 16.9. The van der Waals surface area contributed by atoms with Gasteiger partial charge in [-0.2, -0.15) is 0 Å². The first-order chi connectivity index (χ1) is 14.0. The van der Waals surface area contributed by atoms with E-state index >= 15 is 0 Å². The number of hydrogen-bond acceptors (Lipinski definition) is 3.